The highest BCUT2D eigenvalue weighted by Gasteiger charge is 2.21. The van der Waals surface area contributed by atoms with Crippen LogP contribution in [0.5, 0.6) is 40.2 Å². The number of sulfonamides is 1. The van der Waals surface area contributed by atoms with Crippen molar-refractivity contribution in [1.82, 2.24) is 0 Å². The lowest BCUT2D eigenvalue weighted by Crippen LogP contribution is -2.14. The Hall–Kier alpha value is -4.25. The predicted octanol–water partition coefficient (Wildman–Crippen LogP) is 4.11. The van der Waals surface area contributed by atoms with E-state index in [1.54, 1.807) is 24.3 Å². The average molecular weight is 518 g/mol. The third kappa shape index (κ3) is 5.52. The maximum absolute atomic E-state index is 13.0. The smallest absolute Gasteiger partial charge is 0.262 e. The quantitative estimate of drug-likeness (QED) is 0.340. The normalized spacial score (nSPS) is 11.2. The maximum atomic E-state index is 13.0. The van der Waals surface area contributed by atoms with Crippen LogP contribution in [0, 0.1) is 0 Å². The van der Waals surface area contributed by atoms with E-state index in [2.05, 4.69) is 4.72 Å². The minimum Gasteiger partial charge on any atom is -0.504 e. The first kappa shape index (κ1) is 26.4. The van der Waals surface area contributed by atoms with Crippen molar-refractivity contribution in [2.45, 2.75) is 4.90 Å². The number of anilines is 1. The molecule has 0 aliphatic rings. The fourth-order valence-corrected chi connectivity index (χ4v) is 4.53. The molecule has 36 heavy (non-hydrogen) atoms. The summed E-state index contributed by atoms with van der Waals surface area (Å²) in [6.07, 6.45) is 3.39. The van der Waals surface area contributed by atoms with Crippen LogP contribution in [0.4, 0.5) is 5.69 Å². The zero-order valence-corrected chi connectivity index (χ0v) is 21.2. The number of phenolic OH excluding ortho intramolecular Hbond substituents is 2. The van der Waals surface area contributed by atoms with E-state index in [0.29, 0.717) is 28.4 Å². The van der Waals surface area contributed by atoms with Crippen molar-refractivity contribution >= 4 is 27.9 Å². The van der Waals surface area contributed by atoms with Crippen LogP contribution in [0.15, 0.2) is 47.4 Å². The first-order chi connectivity index (χ1) is 17.2. The van der Waals surface area contributed by atoms with Crippen LogP contribution in [0.2, 0.25) is 0 Å². The van der Waals surface area contributed by atoms with Gasteiger partial charge >= 0.3 is 0 Å². The molecule has 0 amide bonds. The zero-order chi connectivity index (χ0) is 26.5. The van der Waals surface area contributed by atoms with Crippen molar-refractivity contribution < 1.29 is 42.3 Å². The number of aromatic hydroxyl groups is 2. The summed E-state index contributed by atoms with van der Waals surface area (Å²) in [5.74, 6) is 0.817. The predicted molar refractivity (Wildman–Crippen MR) is 135 cm³/mol. The Labute approximate surface area is 209 Å². The van der Waals surface area contributed by atoms with Gasteiger partial charge in [-0.05, 0) is 47.5 Å². The molecule has 0 radical (unpaired) electrons. The van der Waals surface area contributed by atoms with E-state index >= 15 is 0 Å². The van der Waals surface area contributed by atoms with Crippen LogP contribution < -0.4 is 28.4 Å². The molecular formula is C25H27NO9S. The molecule has 3 rings (SSSR count). The van der Waals surface area contributed by atoms with Crippen LogP contribution in [0.1, 0.15) is 11.1 Å². The minimum atomic E-state index is -4.15. The van der Waals surface area contributed by atoms with Gasteiger partial charge < -0.3 is 33.9 Å². The number of hydrogen-bond acceptors (Lipinski definition) is 9. The van der Waals surface area contributed by atoms with E-state index in [1.165, 1.54) is 59.8 Å². The van der Waals surface area contributed by atoms with Crippen LogP contribution >= 0.6 is 0 Å². The molecular weight excluding hydrogens is 490 g/mol. The average Bonchev–Trinajstić information content (AvgIpc) is 2.86. The number of benzene rings is 3. The summed E-state index contributed by atoms with van der Waals surface area (Å²) in [4.78, 5) is -0.208. The van der Waals surface area contributed by atoms with E-state index < -0.39 is 10.0 Å². The van der Waals surface area contributed by atoms with Gasteiger partial charge in [0.25, 0.3) is 10.0 Å². The summed E-state index contributed by atoms with van der Waals surface area (Å²) in [5.41, 5.74) is 1.17. The number of ether oxygens (including phenoxy) is 5. The third-order valence-corrected chi connectivity index (χ3v) is 6.52. The van der Waals surface area contributed by atoms with Gasteiger partial charge in [0.2, 0.25) is 5.75 Å². The fraction of sp³-hybridized carbons (Fsp3) is 0.200. The molecule has 0 saturated carbocycles. The molecule has 3 aromatic carbocycles. The molecule has 0 aromatic heterocycles. The van der Waals surface area contributed by atoms with Crippen molar-refractivity contribution in [2.75, 3.05) is 40.3 Å². The Morgan fingerprint density at radius 1 is 0.667 bits per heavy atom. The first-order valence-electron chi connectivity index (χ1n) is 10.5. The summed E-state index contributed by atoms with van der Waals surface area (Å²) in [5, 5.41) is 20.5. The zero-order valence-electron chi connectivity index (χ0n) is 20.4. The molecule has 0 fully saturated rings. The molecule has 3 N–H and O–H groups in total. The molecule has 0 unspecified atom stereocenters. The van der Waals surface area contributed by atoms with Gasteiger partial charge in [-0.25, -0.2) is 8.42 Å². The summed E-state index contributed by atoms with van der Waals surface area (Å²) in [7, 11) is 3.03. The second-order valence-electron chi connectivity index (χ2n) is 7.35. The molecule has 3 aromatic rings. The summed E-state index contributed by atoms with van der Waals surface area (Å²) < 4.78 is 54.5. The Morgan fingerprint density at radius 2 is 1.22 bits per heavy atom. The van der Waals surface area contributed by atoms with Crippen molar-refractivity contribution in [3.63, 3.8) is 0 Å². The molecule has 0 aliphatic heterocycles. The van der Waals surface area contributed by atoms with Crippen molar-refractivity contribution in [2.24, 2.45) is 0 Å². The fourth-order valence-electron chi connectivity index (χ4n) is 3.45. The lowest BCUT2D eigenvalue weighted by molar-refractivity contribution is 0.324. The molecule has 10 nitrogen and oxygen atoms in total. The Balaban J connectivity index is 1.99. The van der Waals surface area contributed by atoms with Gasteiger partial charge in [-0.15, -0.1) is 0 Å². The van der Waals surface area contributed by atoms with Crippen LogP contribution in [-0.2, 0) is 10.0 Å². The topological polar surface area (TPSA) is 133 Å². The Morgan fingerprint density at radius 3 is 1.72 bits per heavy atom. The monoisotopic (exact) mass is 517 g/mol. The molecule has 0 spiro atoms. The molecule has 0 atom stereocenters. The Kier molecular flexibility index (Phi) is 8.05. The maximum Gasteiger partial charge on any atom is 0.262 e. The summed E-state index contributed by atoms with van der Waals surface area (Å²) >= 11 is 0. The highest BCUT2D eigenvalue weighted by molar-refractivity contribution is 7.92. The number of rotatable bonds is 10. The summed E-state index contributed by atoms with van der Waals surface area (Å²) in [6.45, 7) is 0. The lowest BCUT2D eigenvalue weighted by atomic mass is 10.1. The second kappa shape index (κ2) is 11.0. The van der Waals surface area contributed by atoms with Gasteiger partial charge in [-0.2, -0.15) is 0 Å². The van der Waals surface area contributed by atoms with E-state index in [0.717, 1.165) is 6.07 Å². The molecule has 0 heterocycles. The molecule has 11 heteroatoms. The highest BCUT2D eigenvalue weighted by Crippen LogP contribution is 2.40. The number of methoxy groups -OCH3 is 5. The van der Waals surface area contributed by atoms with Gasteiger partial charge in [-0.3, -0.25) is 4.72 Å². The van der Waals surface area contributed by atoms with Crippen molar-refractivity contribution in [3.05, 3.63) is 53.6 Å². The lowest BCUT2D eigenvalue weighted by Gasteiger charge is -2.15. The molecule has 0 bridgehead atoms. The minimum absolute atomic E-state index is 0.00245. The van der Waals surface area contributed by atoms with Crippen molar-refractivity contribution in [3.8, 4) is 40.2 Å². The largest absolute Gasteiger partial charge is 0.504 e. The van der Waals surface area contributed by atoms with Gasteiger partial charge in [-0.1, -0.05) is 12.2 Å². The second-order valence-corrected chi connectivity index (χ2v) is 9.03. The molecule has 0 saturated heterocycles. The SMILES string of the molecule is COc1ccc(S(=O)(=O)Nc2cc(/C=C\c3cc(OC)c(OC)c(OC)c3)cc(O)c2OC)cc1O. The van der Waals surface area contributed by atoms with E-state index in [9.17, 15) is 18.6 Å². The van der Waals surface area contributed by atoms with Crippen molar-refractivity contribution in [1.29, 1.82) is 0 Å². The van der Waals surface area contributed by atoms with Gasteiger partial charge in [0.1, 0.15) is 0 Å². The third-order valence-electron chi connectivity index (χ3n) is 5.16. The van der Waals surface area contributed by atoms with Crippen LogP contribution in [0.25, 0.3) is 12.2 Å². The standard InChI is InChI=1S/C25H27NO9S/c1-31-21-9-8-17(14-19(21)27)36(29,30)26-18-10-15(11-20(28)24(18)34-4)6-7-16-12-22(32-2)25(35-5)23(13-16)33-3/h6-14,26-28H,1-5H3/b7-6-. The molecule has 192 valence electrons. The molecule has 0 aliphatic carbocycles. The Bertz CT molecular complexity index is 1360. The highest BCUT2D eigenvalue weighted by atomic mass is 32.2. The summed E-state index contributed by atoms with van der Waals surface area (Å²) in [6, 6.07) is 10.1. The van der Waals surface area contributed by atoms with E-state index in [1.807, 2.05) is 0 Å². The number of hydrogen-bond donors (Lipinski definition) is 3. The van der Waals surface area contributed by atoms with E-state index in [4.69, 9.17) is 23.7 Å². The van der Waals surface area contributed by atoms with Gasteiger partial charge in [0.05, 0.1) is 46.1 Å². The van der Waals surface area contributed by atoms with E-state index in [-0.39, 0.29) is 33.6 Å². The van der Waals surface area contributed by atoms with Crippen LogP contribution in [-0.4, -0.2) is 54.2 Å². The van der Waals surface area contributed by atoms with Crippen LogP contribution in [0.3, 0.4) is 0 Å². The number of phenols is 2. The first-order valence-corrected chi connectivity index (χ1v) is 11.9. The number of nitrogens with one attached hydrogen (secondary N) is 1. The van der Waals surface area contributed by atoms with Gasteiger partial charge in [0, 0.05) is 6.07 Å². The van der Waals surface area contributed by atoms with Gasteiger partial charge in [0.15, 0.2) is 34.5 Å².